The summed E-state index contributed by atoms with van der Waals surface area (Å²) in [6, 6.07) is 16.0. The molecule has 2 aromatic carbocycles. The summed E-state index contributed by atoms with van der Waals surface area (Å²) in [6.07, 6.45) is 0.934. The van der Waals surface area contributed by atoms with Gasteiger partial charge in [0.25, 0.3) is 0 Å². The Hall–Kier alpha value is -2.24. The minimum atomic E-state index is 0.175. The molecule has 2 rings (SSSR count). The maximum Gasteiger partial charge on any atom is 0.0858 e. The summed E-state index contributed by atoms with van der Waals surface area (Å²) in [7, 11) is 4.02. The van der Waals surface area contributed by atoms with Crippen LogP contribution in [0.15, 0.2) is 58.8 Å². The van der Waals surface area contributed by atoms with E-state index in [1.807, 2.05) is 50.5 Å². The molecule has 0 aromatic heterocycles. The number of rotatable bonds is 8. The molecule has 122 valence electrons. The average Bonchev–Trinajstić information content (AvgIpc) is 2.58. The molecule has 0 unspecified atom stereocenters. The predicted molar refractivity (Wildman–Crippen MR) is 95.0 cm³/mol. The Kier molecular flexibility index (Phi) is 6.72. The third-order valence-electron chi connectivity index (χ3n) is 3.46. The van der Waals surface area contributed by atoms with Crippen LogP contribution < -0.4 is 10.2 Å². The van der Waals surface area contributed by atoms with Crippen LogP contribution in [0.4, 0.5) is 17.1 Å². The van der Waals surface area contributed by atoms with Crippen LogP contribution >= 0.6 is 0 Å². The largest absolute Gasteiger partial charge is 0.395 e. The molecule has 23 heavy (non-hydrogen) atoms. The van der Waals surface area contributed by atoms with Gasteiger partial charge in [-0.25, -0.2) is 0 Å². The highest BCUT2D eigenvalue weighted by Crippen LogP contribution is 2.21. The first-order chi connectivity index (χ1) is 11.2. The minimum Gasteiger partial charge on any atom is -0.395 e. The number of anilines is 1. The summed E-state index contributed by atoms with van der Waals surface area (Å²) >= 11 is 0. The van der Waals surface area contributed by atoms with Gasteiger partial charge in [-0.2, -0.15) is 10.2 Å². The molecule has 0 fully saturated rings. The SMILES string of the molecule is CN(C)c1ccc(N=Nc2ccc(CCNCCO)cc2)cc1. The van der Waals surface area contributed by atoms with Crippen LogP contribution in [0.25, 0.3) is 0 Å². The number of aliphatic hydroxyl groups excluding tert-OH is 1. The zero-order valence-electron chi connectivity index (χ0n) is 13.7. The van der Waals surface area contributed by atoms with Crippen molar-refractivity contribution in [2.24, 2.45) is 10.2 Å². The molecular formula is C18H24N4O. The molecule has 0 amide bonds. The van der Waals surface area contributed by atoms with E-state index in [9.17, 15) is 0 Å². The Morgan fingerprint density at radius 3 is 1.96 bits per heavy atom. The van der Waals surface area contributed by atoms with Gasteiger partial charge in [-0.1, -0.05) is 12.1 Å². The molecule has 0 saturated carbocycles. The number of nitrogens with zero attached hydrogens (tertiary/aromatic N) is 3. The van der Waals surface area contributed by atoms with Gasteiger partial charge in [0.05, 0.1) is 18.0 Å². The van der Waals surface area contributed by atoms with E-state index < -0.39 is 0 Å². The van der Waals surface area contributed by atoms with Crippen LogP contribution in [0.1, 0.15) is 5.56 Å². The highest BCUT2D eigenvalue weighted by molar-refractivity contribution is 5.52. The van der Waals surface area contributed by atoms with Gasteiger partial charge in [-0.05, 0) is 54.9 Å². The summed E-state index contributed by atoms with van der Waals surface area (Å²) < 4.78 is 0. The van der Waals surface area contributed by atoms with E-state index in [0.717, 1.165) is 30.0 Å². The van der Waals surface area contributed by atoms with Crippen LogP contribution in [-0.4, -0.2) is 38.9 Å². The summed E-state index contributed by atoms with van der Waals surface area (Å²) in [5, 5.41) is 20.4. The maximum atomic E-state index is 8.71. The van der Waals surface area contributed by atoms with Gasteiger partial charge in [0, 0.05) is 26.3 Å². The lowest BCUT2D eigenvalue weighted by Gasteiger charge is -2.11. The zero-order chi connectivity index (χ0) is 16.5. The molecule has 0 atom stereocenters. The first-order valence-corrected chi connectivity index (χ1v) is 7.78. The minimum absolute atomic E-state index is 0.175. The van der Waals surface area contributed by atoms with Crippen LogP contribution in [-0.2, 0) is 6.42 Å². The van der Waals surface area contributed by atoms with E-state index in [1.165, 1.54) is 5.56 Å². The van der Waals surface area contributed by atoms with E-state index in [2.05, 4.69) is 32.6 Å². The van der Waals surface area contributed by atoms with E-state index in [4.69, 9.17) is 5.11 Å². The molecule has 0 radical (unpaired) electrons. The topological polar surface area (TPSA) is 60.2 Å². The van der Waals surface area contributed by atoms with E-state index >= 15 is 0 Å². The molecule has 0 aliphatic rings. The predicted octanol–water partition coefficient (Wildman–Crippen LogP) is 3.29. The fourth-order valence-corrected chi connectivity index (χ4v) is 2.10. The van der Waals surface area contributed by atoms with Crippen LogP contribution in [0.2, 0.25) is 0 Å². The van der Waals surface area contributed by atoms with Crippen molar-refractivity contribution in [1.29, 1.82) is 0 Å². The quantitative estimate of drug-likeness (QED) is 0.581. The van der Waals surface area contributed by atoms with Gasteiger partial charge in [0.1, 0.15) is 0 Å². The molecule has 0 saturated heterocycles. The number of benzene rings is 2. The van der Waals surface area contributed by atoms with Crippen molar-refractivity contribution in [2.75, 3.05) is 38.7 Å². The van der Waals surface area contributed by atoms with Crippen molar-refractivity contribution in [3.63, 3.8) is 0 Å². The summed E-state index contributed by atoms with van der Waals surface area (Å²) in [4.78, 5) is 2.05. The lowest BCUT2D eigenvalue weighted by atomic mass is 10.1. The Morgan fingerprint density at radius 2 is 1.43 bits per heavy atom. The Labute approximate surface area is 137 Å². The number of nitrogens with one attached hydrogen (secondary N) is 1. The Morgan fingerprint density at radius 1 is 0.870 bits per heavy atom. The van der Waals surface area contributed by atoms with Gasteiger partial charge < -0.3 is 15.3 Å². The second-order valence-corrected chi connectivity index (χ2v) is 5.50. The first kappa shape index (κ1) is 17.1. The molecule has 0 heterocycles. The van der Waals surface area contributed by atoms with Crippen molar-refractivity contribution in [3.8, 4) is 0 Å². The average molecular weight is 312 g/mol. The van der Waals surface area contributed by atoms with Crippen LogP contribution in [0, 0.1) is 0 Å². The summed E-state index contributed by atoms with van der Waals surface area (Å²) in [5.41, 5.74) is 4.06. The molecule has 2 N–H and O–H groups in total. The van der Waals surface area contributed by atoms with E-state index in [0.29, 0.717) is 6.54 Å². The highest BCUT2D eigenvalue weighted by atomic mass is 16.3. The molecule has 0 bridgehead atoms. The molecule has 0 aliphatic carbocycles. The number of hydrogen-bond acceptors (Lipinski definition) is 5. The lowest BCUT2D eigenvalue weighted by Crippen LogP contribution is -2.20. The molecule has 5 heteroatoms. The molecule has 0 spiro atoms. The third kappa shape index (κ3) is 5.81. The zero-order valence-corrected chi connectivity index (χ0v) is 13.7. The van der Waals surface area contributed by atoms with Crippen LogP contribution in [0.3, 0.4) is 0 Å². The number of aliphatic hydroxyl groups is 1. The normalized spacial score (nSPS) is 11.1. The molecule has 2 aromatic rings. The second kappa shape index (κ2) is 9.02. The fraction of sp³-hybridized carbons (Fsp3) is 0.333. The fourth-order valence-electron chi connectivity index (χ4n) is 2.10. The molecule has 5 nitrogen and oxygen atoms in total. The Bertz CT molecular complexity index is 606. The standard InChI is InChI=1S/C18H24N4O/c1-22(2)18-9-7-17(8-10-18)21-20-16-5-3-15(4-6-16)11-12-19-13-14-23/h3-10,19,23H,11-14H2,1-2H3. The van der Waals surface area contributed by atoms with Crippen molar-refractivity contribution in [1.82, 2.24) is 5.32 Å². The summed E-state index contributed by atoms with van der Waals surface area (Å²) in [5.74, 6) is 0. The lowest BCUT2D eigenvalue weighted by molar-refractivity contribution is 0.293. The first-order valence-electron chi connectivity index (χ1n) is 7.78. The smallest absolute Gasteiger partial charge is 0.0858 e. The maximum absolute atomic E-state index is 8.71. The van der Waals surface area contributed by atoms with Gasteiger partial charge >= 0.3 is 0 Å². The Balaban J connectivity index is 1.89. The van der Waals surface area contributed by atoms with Crippen molar-refractivity contribution in [2.45, 2.75) is 6.42 Å². The monoisotopic (exact) mass is 312 g/mol. The highest BCUT2D eigenvalue weighted by Gasteiger charge is 1.96. The van der Waals surface area contributed by atoms with Crippen molar-refractivity contribution in [3.05, 3.63) is 54.1 Å². The van der Waals surface area contributed by atoms with Crippen molar-refractivity contribution < 1.29 is 5.11 Å². The number of hydrogen-bond donors (Lipinski definition) is 2. The summed E-state index contributed by atoms with van der Waals surface area (Å²) in [6.45, 7) is 1.67. The number of azo groups is 1. The van der Waals surface area contributed by atoms with E-state index in [1.54, 1.807) is 0 Å². The van der Waals surface area contributed by atoms with Crippen LogP contribution in [0.5, 0.6) is 0 Å². The molecule has 0 aliphatic heterocycles. The third-order valence-corrected chi connectivity index (χ3v) is 3.46. The van der Waals surface area contributed by atoms with Gasteiger partial charge in [0.2, 0.25) is 0 Å². The second-order valence-electron chi connectivity index (χ2n) is 5.50. The van der Waals surface area contributed by atoms with Gasteiger partial charge in [-0.15, -0.1) is 0 Å². The molecular weight excluding hydrogens is 288 g/mol. The van der Waals surface area contributed by atoms with Gasteiger partial charge in [-0.3, -0.25) is 0 Å². The van der Waals surface area contributed by atoms with Gasteiger partial charge in [0.15, 0.2) is 0 Å². The van der Waals surface area contributed by atoms with Crippen molar-refractivity contribution >= 4 is 17.1 Å². The van der Waals surface area contributed by atoms with E-state index in [-0.39, 0.29) is 6.61 Å².